The molecule has 1 heterocycles. The normalized spacial score (nSPS) is 11.0. The number of aromatic nitrogens is 1. The van der Waals surface area contributed by atoms with Gasteiger partial charge in [-0.1, -0.05) is 26.0 Å². The molecule has 5 nitrogen and oxygen atoms in total. The van der Waals surface area contributed by atoms with Gasteiger partial charge in [-0.3, -0.25) is 0 Å². The van der Waals surface area contributed by atoms with Gasteiger partial charge in [-0.25, -0.2) is 4.79 Å². The molecule has 2 amide bonds. The maximum atomic E-state index is 12.5. The number of carbonyl (C=O) groups excluding carboxylic acids is 1. The molecule has 5 heteroatoms. The van der Waals surface area contributed by atoms with E-state index in [0.717, 1.165) is 28.9 Å². The van der Waals surface area contributed by atoms with Gasteiger partial charge in [-0.2, -0.15) is 0 Å². The Labute approximate surface area is 160 Å². The minimum absolute atomic E-state index is 0.140. The molecular formula is C22H27N3O2. The summed E-state index contributed by atoms with van der Waals surface area (Å²) in [5.74, 6) is 1.38. The van der Waals surface area contributed by atoms with Crippen molar-refractivity contribution in [3.63, 3.8) is 0 Å². The average Bonchev–Trinajstić information content (AvgIpc) is 3.03. The van der Waals surface area contributed by atoms with Gasteiger partial charge in [0.15, 0.2) is 0 Å². The second-order valence-corrected chi connectivity index (χ2v) is 7.27. The first kappa shape index (κ1) is 18.8. The number of fused-ring (bicyclic) bond motifs is 1. The van der Waals surface area contributed by atoms with E-state index in [0.29, 0.717) is 12.5 Å². The van der Waals surface area contributed by atoms with Gasteiger partial charge < -0.3 is 19.5 Å². The second kappa shape index (κ2) is 8.16. The molecule has 27 heavy (non-hydrogen) atoms. The van der Waals surface area contributed by atoms with Crippen LogP contribution in [0.4, 0.5) is 10.5 Å². The van der Waals surface area contributed by atoms with Gasteiger partial charge in [0.05, 0.1) is 7.11 Å². The highest BCUT2D eigenvalue weighted by atomic mass is 16.5. The van der Waals surface area contributed by atoms with Crippen molar-refractivity contribution >= 4 is 22.6 Å². The van der Waals surface area contributed by atoms with Crippen LogP contribution in [0.15, 0.2) is 54.7 Å². The number of nitrogens with zero attached hydrogens (tertiary/aromatic N) is 2. The van der Waals surface area contributed by atoms with Gasteiger partial charge in [-0.15, -0.1) is 0 Å². The van der Waals surface area contributed by atoms with E-state index in [1.165, 1.54) is 5.52 Å². The first-order valence-electron chi connectivity index (χ1n) is 9.20. The van der Waals surface area contributed by atoms with Crippen LogP contribution in [0.3, 0.4) is 0 Å². The number of rotatable bonds is 6. The number of urea groups is 1. The average molecular weight is 365 g/mol. The summed E-state index contributed by atoms with van der Waals surface area (Å²) in [7, 11) is 3.42. The summed E-state index contributed by atoms with van der Waals surface area (Å²) < 4.78 is 7.49. The number of anilines is 1. The fourth-order valence-electron chi connectivity index (χ4n) is 3.17. The molecule has 0 aliphatic heterocycles. The van der Waals surface area contributed by atoms with Crippen molar-refractivity contribution in [1.29, 1.82) is 0 Å². The van der Waals surface area contributed by atoms with E-state index in [1.807, 2.05) is 36.4 Å². The molecule has 0 saturated carbocycles. The molecule has 0 radical (unpaired) electrons. The van der Waals surface area contributed by atoms with Crippen LogP contribution >= 0.6 is 0 Å². The highest BCUT2D eigenvalue weighted by Gasteiger charge is 2.11. The van der Waals surface area contributed by atoms with E-state index >= 15 is 0 Å². The van der Waals surface area contributed by atoms with Crippen molar-refractivity contribution in [2.45, 2.75) is 26.9 Å². The molecule has 0 atom stereocenters. The summed E-state index contributed by atoms with van der Waals surface area (Å²) in [5.41, 5.74) is 3.01. The van der Waals surface area contributed by atoms with Gasteiger partial charge in [0.1, 0.15) is 5.75 Å². The Hall–Kier alpha value is -2.95. The maximum absolute atomic E-state index is 12.5. The van der Waals surface area contributed by atoms with Crippen molar-refractivity contribution in [1.82, 2.24) is 9.47 Å². The van der Waals surface area contributed by atoms with Crippen LogP contribution < -0.4 is 10.1 Å². The van der Waals surface area contributed by atoms with Crippen molar-refractivity contribution in [3.8, 4) is 5.75 Å². The molecule has 2 aromatic carbocycles. The highest BCUT2D eigenvalue weighted by molar-refractivity contribution is 5.92. The molecule has 0 bridgehead atoms. The summed E-state index contributed by atoms with van der Waals surface area (Å²) in [6.07, 6.45) is 2.10. The van der Waals surface area contributed by atoms with Gasteiger partial charge >= 0.3 is 6.03 Å². The topological polar surface area (TPSA) is 46.5 Å². The van der Waals surface area contributed by atoms with Gasteiger partial charge in [0.25, 0.3) is 0 Å². The van der Waals surface area contributed by atoms with Crippen LogP contribution in [0.25, 0.3) is 10.9 Å². The molecule has 3 aromatic rings. The van der Waals surface area contributed by atoms with Crippen LogP contribution in [0.2, 0.25) is 0 Å². The Bertz CT molecular complexity index is 930. The number of ether oxygens (including phenoxy) is 1. The monoisotopic (exact) mass is 365 g/mol. The van der Waals surface area contributed by atoms with Crippen molar-refractivity contribution in [3.05, 3.63) is 60.3 Å². The third-order valence-electron chi connectivity index (χ3n) is 4.48. The minimum Gasteiger partial charge on any atom is -0.497 e. The number of amides is 2. The number of carbonyl (C=O) groups is 1. The molecule has 3 rings (SSSR count). The SMILES string of the molecule is COc1cccc(CN(C)C(=O)Nc2ccc3c(ccn3CC(C)C)c2)c1. The standard InChI is InChI=1S/C22H27N3O2/c1-16(2)14-25-11-10-18-13-19(8-9-21(18)25)23-22(26)24(3)15-17-6-5-7-20(12-17)27-4/h5-13,16H,14-15H2,1-4H3,(H,23,26). The minimum atomic E-state index is -0.140. The largest absolute Gasteiger partial charge is 0.497 e. The molecule has 0 saturated heterocycles. The van der Waals surface area contributed by atoms with Crippen molar-refractivity contribution in [2.24, 2.45) is 5.92 Å². The number of nitrogens with one attached hydrogen (secondary N) is 1. The Morgan fingerprint density at radius 3 is 2.74 bits per heavy atom. The smallest absolute Gasteiger partial charge is 0.321 e. The van der Waals surface area contributed by atoms with E-state index in [2.05, 4.69) is 42.1 Å². The van der Waals surface area contributed by atoms with Crippen LogP contribution in [0, 0.1) is 5.92 Å². The summed E-state index contributed by atoms with van der Waals surface area (Å²) in [4.78, 5) is 14.2. The summed E-state index contributed by atoms with van der Waals surface area (Å²) in [6, 6.07) is 15.7. The van der Waals surface area contributed by atoms with Crippen molar-refractivity contribution in [2.75, 3.05) is 19.5 Å². The lowest BCUT2D eigenvalue weighted by molar-refractivity contribution is 0.220. The quantitative estimate of drug-likeness (QED) is 0.670. The lowest BCUT2D eigenvalue weighted by Gasteiger charge is -2.18. The van der Waals surface area contributed by atoms with Gasteiger partial charge in [0.2, 0.25) is 0 Å². The molecule has 0 spiro atoms. The first-order chi connectivity index (χ1) is 13.0. The zero-order valence-electron chi connectivity index (χ0n) is 16.4. The van der Waals surface area contributed by atoms with Crippen LogP contribution in [0.5, 0.6) is 5.75 Å². The molecule has 0 aliphatic carbocycles. The van der Waals surface area contributed by atoms with Crippen LogP contribution in [0.1, 0.15) is 19.4 Å². The zero-order valence-corrected chi connectivity index (χ0v) is 16.4. The third kappa shape index (κ3) is 4.61. The lowest BCUT2D eigenvalue weighted by Crippen LogP contribution is -2.30. The molecular weight excluding hydrogens is 338 g/mol. The van der Waals surface area contributed by atoms with E-state index in [1.54, 1.807) is 19.1 Å². The molecule has 1 N–H and O–H groups in total. The Kier molecular flexibility index (Phi) is 5.69. The predicted molar refractivity (Wildman–Crippen MR) is 110 cm³/mol. The Balaban J connectivity index is 1.67. The van der Waals surface area contributed by atoms with Gasteiger partial charge in [-0.05, 0) is 47.9 Å². The highest BCUT2D eigenvalue weighted by Crippen LogP contribution is 2.22. The molecule has 0 fully saturated rings. The molecule has 0 unspecified atom stereocenters. The first-order valence-corrected chi connectivity index (χ1v) is 9.20. The fraction of sp³-hybridized carbons (Fsp3) is 0.318. The van der Waals surface area contributed by atoms with E-state index in [4.69, 9.17) is 4.74 Å². The number of benzene rings is 2. The summed E-state index contributed by atoms with van der Waals surface area (Å²) in [5, 5.41) is 4.11. The van der Waals surface area contributed by atoms with Gasteiger partial charge in [0, 0.05) is 42.9 Å². The molecule has 0 aliphatic rings. The lowest BCUT2D eigenvalue weighted by atomic mass is 10.2. The van der Waals surface area contributed by atoms with E-state index in [-0.39, 0.29) is 6.03 Å². The second-order valence-electron chi connectivity index (χ2n) is 7.27. The Morgan fingerprint density at radius 1 is 1.19 bits per heavy atom. The maximum Gasteiger partial charge on any atom is 0.321 e. The zero-order chi connectivity index (χ0) is 19.4. The number of methoxy groups -OCH3 is 1. The van der Waals surface area contributed by atoms with Crippen LogP contribution in [-0.4, -0.2) is 29.7 Å². The van der Waals surface area contributed by atoms with Crippen LogP contribution in [-0.2, 0) is 13.1 Å². The fourth-order valence-corrected chi connectivity index (χ4v) is 3.17. The molecule has 1 aromatic heterocycles. The summed E-state index contributed by atoms with van der Waals surface area (Å²) >= 11 is 0. The summed E-state index contributed by atoms with van der Waals surface area (Å²) in [6.45, 7) is 5.91. The van der Waals surface area contributed by atoms with E-state index in [9.17, 15) is 4.79 Å². The third-order valence-corrected chi connectivity index (χ3v) is 4.48. The number of hydrogen-bond donors (Lipinski definition) is 1. The van der Waals surface area contributed by atoms with Crippen molar-refractivity contribution < 1.29 is 9.53 Å². The molecule has 142 valence electrons. The van der Waals surface area contributed by atoms with E-state index < -0.39 is 0 Å². The number of hydrogen-bond acceptors (Lipinski definition) is 2. The predicted octanol–water partition coefficient (Wildman–Crippen LogP) is 4.97. The Morgan fingerprint density at radius 2 is 2.00 bits per heavy atom.